The van der Waals surface area contributed by atoms with Crippen molar-refractivity contribution in [1.82, 2.24) is 0 Å². The van der Waals surface area contributed by atoms with Gasteiger partial charge in [-0.15, -0.1) is 0 Å². The maximum Gasteiger partial charge on any atom is -0.0167 e. The Morgan fingerprint density at radius 2 is 1.54 bits per heavy atom. The van der Waals surface area contributed by atoms with Gasteiger partial charge < -0.3 is 0 Å². The molecule has 0 radical (unpaired) electrons. The van der Waals surface area contributed by atoms with Crippen molar-refractivity contribution in [3.05, 3.63) is 11.6 Å². The van der Waals surface area contributed by atoms with Crippen LogP contribution in [0.5, 0.6) is 0 Å². The highest BCUT2D eigenvalue weighted by atomic mass is 14.4. The lowest BCUT2D eigenvalue weighted by atomic mass is 9.67. The summed E-state index contributed by atoms with van der Waals surface area (Å²) in [5.74, 6) is 0. The van der Waals surface area contributed by atoms with E-state index in [1.807, 2.05) is 13.8 Å². The molecule has 0 aliphatic heterocycles. The minimum atomic E-state index is 0.422. The Hall–Kier alpha value is -0.260. The first-order chi connectivity index (χ1) is 5.81. The topological polar surface area (TPSA) is 0 Å². The average Bonchev–Trinajstić information content (AvgIpc) is 1.82. The second-order valence-electron chi connectivity index (χ2n) is 5.50. The SMILES string of the molecule is CC.CC1=CC(C)(C)CC(C)(C)C1. The van der Waals surface area contributed by atoms with Crippen LogP contribution in [0, 0.1) is 10.8 Å². The fourth-order valence-corrected chi connectivity index (χ4v) is 2.82. The molecule has 0 aromatic rings. The van der Waals surface area contributed by atoms with Gasteiger partial charge in [-0.3, -0.25) is 0 Å². The van der Waals surface area contributed by atoms with Gasteiger partial charge in [0.05, 0.1) is 0 Å². The van der Waals surface area contributed by atoms with Crippen molar-refractivity contribution in [3.63, 3.8) is 0 Å². The minimum absolute atomic E-state index is 0.422. The van der Waals surface area contributed by atoms with Crippen molar-refractivity contribution < 1.29 is 0 Å². The van der Waals surface area contributed by atoms with Crippen LogP contribution in [-0.2, 0) is 0 Å². The van der Waals surface area contributed by atoms with Crippen molar-refractivity contribution in [2.45, 2.75) is 61.3 Å². The molecular formula is C13H26. The fourth-order valence-electron chi connectivity index (χ4n) is 2.82. The molecule has 13 heavy (non-hydrogen) atoms. The van der Waals surface area contributed by atoms with Gasteiger partial charge in [0.2, 0.25) is 0 Å². The highest BCUT2D eigenvalue weighted by molar-refractivity contribution is 5.13. The van der Waals surface area contributed by atoms with E-state index in [1.165, 1.54) is 12.8 Å². The van der Waals surface area contributed by atoms with Gasteiger partial charge in [-0.2, -0.15) is 0 Å². The number of allylic oxidation sites excluding steroid dienone is 2. The van der Waals surface area contributed by atoms with Gasteiger partial charge >= 0.3 is 0 Å². The Morgan fingerprint density at radius 3 is 1.85 bits per heavy atom. The third-order valence-electron chi connectivity index (χ3n) is 2.33. The first-order valence-corrected chi connectivity index (χ1v) is 5.49. The standard InChI is InChI=1S/C11H20.C2H6/c1-9-6-10(2,3)8-11(4,5)7-9;1-2/h6H,7-8H2,1-5H3;1-2H3. The third-order valence-corrected chi connectivity index (χ3v) is 2.33. The molecule has 1 rings (SSSR count). The predicted molar refractivity (Wildman–Crippen MR) is 61.9 cm³/mol. The summed E-state index contributed by atoms with van der Waals surface area (Å²) < 4.78 is 0. The summed E-state index contributed by atoms with van der Waals surface area (Å²) in [5.41, 5.74) is 2.50. The number of rotatable bonds is 0. The molecule has 0 fully saturated rings. The summed E-state index contributed by atoms with van der Waals surface area (Å²) in [6, 6.07) is 0. The van der Waals surface area contributed by atoms with Gasteiger partial charge in [-0.1, -0.05) is 53.2 Å². The summed E-state index contributed by atoms with van der Waals surface area (Å²) in [6.07, 6.45) is 5.02. The third kappa shape index (κ3) is 4.50. The quantitative estimate of drug-likeness (QED) is 0.472. The zero-order valence-electron chi connectivity index (χ0n) is 10.5. The van der Waals surface area contributed by atoms with Crippen LogP contribution >= 0.6 is 0 Å². The van der Waals surface area contributed by atoms with Crippen LogP contribution in [0.1, 0.15) is 61.3 Å². The molecule has 0 saturated carbocycles. The van der Waals surface area contributed by atoms with Crippen LogP contribution in [0.3, 0.4) is 0 Å². The van der Waals surface area contributed by atoms with Gasteiger partial charge in [-0.05, 0) is 30.6 Å². The Morgan fingerprint density at radius 1 is 1.08 bits per heavy atom. The molecule has 0 spiro atoms. The first kappa shape index (κ1) is 12.7. The monoisotopic (exact) mass is 182 g/mol. The molecule has 78 valence electrons. The lowest BCUT2D eigenvalue weighted by Gasteiger charge is -2.38. The van der Waals surface area contributed by atoms with Crippen molar-refractivity contribution >= 4 is 0 Å². The van der Waals surface area contributed by atoms with E-state index in [1.54, 1.807) is 5.57 Å². The first-order valence-electron chi connectivity index (χ1n) is 5.49. The number of hydrogen-bond acceptors (Lipinski definition) is 0. The molecule has 0 unspecified atom stereocenters. The highest BCUT2D eigenvalue weighted by Crippen LogP contribution is 2.44. The van der Waals surface area contributed by atoms with Crippen molar-refractivity contribution in [3.8, 4) is 0 Å². The van der Waals surface area contributed by atoms with E-state index in [-0.39, 0.29) is 0 Å². The van der Waals surface area contributed by atoms with E-state index in [0.29, 0.717) is 10.8 Å². The predicted octanol–water partition coefficient (Wildman–Crippen LogP) is 4.81. The van der Waals surface area contributed by atoms with Crippen molar-refractivity contribution in [1.29, 1.82) is 0 Å². The summed E-state index contributed by atoms with van der Waals surface area (Å²) in [4.78, 5) is 0. The van der Waals surface area contributed by atoms with Crippen molar-refractivity contribution in [2.75, 3.05) is 0 Å². The van der Waals surface area contributed by atoms with E-state index in [0.717, 1.165) is 0 Å². The van der Waals surface area contributed by atoms with E-state index in [4.69, 9.17) is 0 Å². The molecule has 1 aliphatic rings. The summed E-state index contributed by atoms with van der Waals surface area (Å²) in [5, 5.41) is 0. The maximum atomic E-state index is 2.43. The average molecular weight is 182 g/mol. The summed E-state index contributed by atoms with van der Waals surface area (Å²) in [6.45, 7) is 15.6. The molecule has 0 heteroatoms. The largest absolute Gasteiger partial charge is 0.0799 e. The van der Waals surface area contributed by atoms with Crippen LogP contribution in [0.4, 0.5) is 0 Å². The van der Waals surface area contributed by atoms with Crippen LogP contribution in [0.15, 0.2) is 11.6 Å². The molecule has 0 N–H and O–H groups in total. The molecule has 0 atom stereocenters. The Labute approximate surface area is 84.4 Å². The van der Waals surface area contributed by atoms with E-state index >= 15 is 0 Å². The smallest absolute Gasteiger partial charge is 0.0167 e. The van der Waals surface area contributed by atoms with Gasteiger partial charge in [0, 0.05) is 0 Å². The summed E-state index contributed by atoms with van der Waals surface area (Å²) >= 11 is 0. The highest BCUT2D eigenvalue weighted by Gasteiger charge is 2.31. The van der Waals surface area contributed by atoms with E-state index in [2.05, 4.69) is 40.7 Å². The van der Waals surface area contributed by atoms with E-state index < -0.39 is 0 Å². The number of hydrogen-bond donors (Lipinski definition) is 0. The second-order valence-corrected chi connectivity index (χ2v) is 5.50. The molecule has 0 heterocycles. The lowest BCUT2D eigenvalue weighted by Crippen LogP contribution is -2.26. The van der Waals surface area contributed by atoms with Crippen LogP contribution in [0.2, 0.25) is 0 Å². The van der Waals surface area contributed by atoms with Gasteiger partial charge in [0.25, 0.3) is 0 Å². The lowest BCUT2D eigenvalue weighted by molar-refractivity contribution is 0.215. The molecular weight excluding hydrogens is 156 g/mol. The summed E-state index contributed by atoms with van der Waals surface area (Å²) in [7, 11) is 0. The fraction of sp³-hybridized carbons (Fsp3) is 0.846. The van der Waals surface area contributed by atoms with Crippen LogP contribution < -0.4 is 0 Å². The van der Waals surface area contributed by atoms with Gasteiger partial charge in [-0.25, -0.2) is 0 Å². The molecule has 0 aromatic carbocycles. The van der Waals surface area contributed by atoms with Crippen molar-refractivity contribution in [2.24, 2.45) is 10.8 Å². The zero-order chi connectivity index (χ0) is 10.7. The molecule has 0 nitrogen and oxygen atoms in total. The molecule has 1 aliphatic carbocycles. The zero-order valence-corrected chi connectivity index (χ0v) is 10.5. The van der Waals surface area contributed by atoms with Gasteiger partial charge in [0.1, 0.15) is 0 Å². The Kier molecular flexibility index (Phi) is 4.22. The Balaban J connectivity index is 0.000000671. The van der Waals surface area contributed by atoms with Crippen LogP contribution in [-0.4, -0.2) is 0 Å². The molecule has 0 amide bonds. The van der Waals surface area contributed by atoms with Crippen LogP contribution in [0.25, 0.3) is 0 Å². The van der Waals surface area contributed by atoms with Gasteiger partial charge in [0.15, 0.2) is 0 Å². The Bertz CT molecular complexity index is 182. The molecule has 0 saturated heterocycles. The maximum absolute atomic E-state index is 2.43. The molecule has 0 bridgehead atoms. The molecule has 0 aromatic heterocycles. The van der Waals surface area contributed by atoms with E-state index in [9.17, 15) is 0 Å². The minimum Gasteiger partial charge on any atom is -0.0799 e. The normalized spacial score (nSPS) is 24.1. The second kappa shape index (κ2) is 4.30.